The molecule has 1 rings (SSSR count). The predicted octanol–water partition coefficient (Wildman–Crippen LogP) is 2.86. The maximum Gasteiger partial charge on any atom is 0.125 e. The average Bonchev–Trinajstić information content (AvgIpc) is 2.34. The van der Waals surface area contributed by atoms with Crippen LogP contribution in [-0.2, 0) is 6.54 Å². The summed E-state index contributed by atoms with van der Waals surface area (Å²) in [6.07, 6.45) is 3.19. The molecule has 2 N–H and O–H groups in total. The van der Waals surface area contributed by atoms with Gasteiger partial charge in [0.15, 0.2) is 0 Å². The number of anilines is 1. The first-order chi connectivity index (χ1) is 8.08. The van der Waals surface area contributed by atoms with Gasteiger partial charge in [0.2, 0.25) is 0 Å². The van der Waals surface area contributed by atoms with E-state index in [1.54, 1.807) is 6.07 Å². The monoisotopic (exact) mass is 256 g/mol. The summed E-state index contributed by atoms with van der Waals surface area (Å²) in [5.41, 5.74) is 7.29. The molecule has 96 valence electrons. The van der Waals surface area contributed by atoms with Gasteiger partial charge in [-0.25, -0.2) is 4.39 Å². The Hall–Kier alpha value is -0.740. The molecule has 0 spiro atoms. The van der Waals surface area contributed by atoms with E-state index in [0.717, 1.165) is 23.4 Å². The molecule has 1 aromatic carbocycles. The highest BCUT2D eigenvalue weighted by atomic mass is 32.2. The van der Waals surface area contributed by atoms with Crippen LogP contribution in [0.5, 0.6) is 0 Å². The van der Waals surface area contributed by atoms with Gasteiger partial charge in [-0.05, 0) is 49.1 Å². The SMILES string of the molecule is CSCCC(C)N(C)c1cc(F)cc(CN)c1. The van der Waals surface area contributed by atoms with Crippen molar-refractivity contribution in [1.29, 1.82) is 0 Å². The summed E-state index contributed by atoms with van der Waals surface area (Å²) in [7, 11) is 2.00. The van der Waals surface area contributed by atoms with Crippen LogP contribution >= 0.6 is 11.8 Å². The lowest BCUT2D eigenvalue weighted by molar-refractivity contribution is 0.619. The van der Waals surface area contributed by atoms with Crippen molar-refractivity contribution in [2.24, 2.45) is 5.73 Å². The predicted molar refractivity (Wildman–Crippen MR) is 75.2 cm³/mol. The minimum atomic E-state index is -0.216. The van der Waals surface area contributed by atoms with Crippen LogP contribution in [0.1, 0.15) is 18.9 Å². The van der Waals surface area contributed by atoms with E-state index in [1.165, 1.54) is 6.07 Å². The third kappa shape index (κ3) is 4.21. The summed E-state index contributed by atoms with van der Waals surface area (Å²) >= 11 is 1.83. The van der Waals surface area contributed by atoms with Gasteiger partial charge in [0, 0.05) is 25.3 Å². The van der Waals surface area contributed by atoms with Gasteiger partial charge < -0.3 is 10.6 Å². The molecule has 0 aliphatic heterocycles. The fourth-order valence-corrected chi connectivity index (χ4v) is 2.27. The van der Waals surface area contributed by atoms with Crippen LogP contribution in [0, 0.1) is 5.82 Å². The molecule has 1 aromatic rings. The van der Waals surface area contributed by atoms with Crippen molar-refractivity contribution in [3.8, 4) is 0 Å². The molecule has 4 heteroatoms. The topological polar surface area (TPSA) is 29.3 Å². The second-order valence-corrected chi connectivity index (χ2v) is 5.25. The van der Waals surface area contributed by atoms with Crippen molar-refractivity contribution in [2.45, 2.75) is 25.9 Å². The molecule has 0 radical (unpaired) electrons. The molecule has 0 bridgehead atoms. The highest BCUT2D eigenvalue weighted by Gasteiger charge is 2.11. The molecule has 0 aliphatic carbocycles. The molecule has 17 heavy (non-hydrogen) atoms. The maximum atomic E-state index is 13.4. The van der Waals surface area contributed by atoms with Crippen LogP contribution < -0.4 is 10.6 Å². The first kappa shape index (κ1) is 14.3. The van der Waals surface area contributed by atoms with Gasteiger partial charge in [0.1, 0.15) is 5.82 Å². The minimum absolute atomic E-state index is 0.216. The van der Waals surface area contributed by atoms with E-state index in [4.69, 9.17) is 5.73 Å². The maximum absolute atomic E-state index is 13.4. The van der Waals surface area contributed by atoms with Crippen LogP contribution in [-0.4, -0.2) is 25.1 Å². The zero-order valence-electron chi connectivity index (χ0n) is 10.7. The standard InChI is InChI=1S/C13H21FN2S/c1-10(4-5-17-3)16(2)13-7-11(9-15)6-12(14)8-13/h6-8,10H,4-5,9,15H2,1-3H3. The van der Waals surface area contributed by atoms with Crippen molar-refractivity contribution in [2.75, 3.05) is 24.0 Å². The lowest BCUT2D eigenvalue weighted by Gasteiger charge is -2.27. The number of thioether (sulfide) groups is 1. The lowest BCUT2D eigenvalue weighted by atomic mass is 10.1. The zero-order chi connectivity index (χ0) is 12.8. The van der Waals surface area contributed by atoms with Crippen LogP contribution in [0.25, 0.3) is 0 Å². The summed E-state index contributed by atoms with van der Waals surface area (Å²) in [5, 5.41) is 0. The molecular weight excluding hydrogens is 235 g/mol. The molecule has 1 atom stereocenters. The molecular formula is C13H21FN2S. The molecule has 0 aliphatic rings. The first-order valence-electron chi connectivity index (χ1n) is 5.79. The van der Waals surface area contributed by atoms with E-state index in [-0.39, 0.29) is 5.82 Å². The van der Waals surface area contributed by atoms with E-state index >= 15 is 0 Å². The summed E-state index contributed by atoms with van der Waals surface area (Å²) in [6, 6.07) is 5.41. The Morgan fingerprint density at radius 2 is 2.12 bits per heavy atom. The number of hydrogen-bond acceptors (Lipinski definition) is 3. The Bertz CT molecular complexity index is 357. The number of nitrogens with two attached hydrogens (primary N) is 1. The molecule has 0 aromatic heterocycles. The summed E-state index contributed by atoms with van der Waals surface area (Å²) < 4.78 is 13.4. The first-order valence-corrected chi connectivity index (χ1v) is 7.19. The third-order valence-electron chi connectivity index (χ3n) is 2.99. The van der Waals surface area contributed by atoms with Crippen molar-refractivity contribution < 1.29 is 4.39 Å². The number of rotatable bonds is 6. The fraction of sp³-hybridized carbons (Fsp3) is 0.538. The molecule has 0 saturated heterocycles. The van der Waals surface area contributed by atoms with E-state index in [1.807, 2.05) is 24.9 Å². The van der Waals surface area contributed by atoms with Gasteiger partial charge in [-0.3, -0.25) is 0 Å². The average molecular weight is 256 g/mol. The van der Waals surface area contributed by atoms with Crippen LogP contribution in [0.2, 0.25) is 0 Å². The quantitative estimate of drug-likeness (QED) is 0.848. The Labute approximate surface area is 107 Å². The van der Waals surface area contributed by atoms with Crippen LogP contribution in [0.15, 0.2) is 18.2 Å². The van der Waals surface area contributed by atoms with Crippen molar-refractivity contribution in [3.63, 3.8) is 0 Å². The second-order valence-electron chi connectivity index (χ2n) is 4.26. The summed E-state index contributed by atoms with van der Waals surface area (Å²) in [4.78, 5) is 2.11. The van der Waals surface area contributed by atoms with E-state index < -0.39 is 0 Å². The Balaban J connectivity index is 2.80. The van der Waals surface area contributed by atoms with Gasteiger partial charge in [0.05, 0.1) is 0 Å². The highest BCUT2D eigenvalue weighted by molar-refractivity contribution is 7.98. The fourth-order valence-electron chi connectivity index (χ4n) is 1.69. The van der Waals surface area contributed by atoms with Crippen LogP contribution in [0.3, 0.4) is 0 Å². The van der Waals surface area contributed by atoms with Gasteiger partial charge in [-0.15, -0.1) is 0 Å². The number of nitrogens with zero attached hydrogens (tertiary/aromatic N) is 1. The molecule has 0 amide bonds. The van der Waals surface area contributed by atoms with E-state index in [2.05, 4.69) is 18.1 Å². The number of halogens is 1. The highest BCUT2D eigenvalue weighted by Crippen LogP contribution is 2.20. The molecule has 0 saturated carbocycles. The molecule has 2 nitrogen and oxygen atoms in total. The number of hydrogen-bond donors (Lipinski definition) is 1. The lowest BCUT2D eigenvalue weighted by Crippen LogP contribution is -2.29. The third-order valence-corrected chi connectivity index (χ3v) is 3.63. The van der Waals surface area contributed by atoms with E-state index in [9.17, 15) is 4.39 Å². The zero-order valence-corrected chi connectivity index (χ0v) is 11.6. The summed E-state index contributed by atoms with van der Waals surface area (Å²) in [5.74, 6) is 0.900. The summed E-state index contributed by atoms with van der Waals surface area (Å²) in [6.45, 7) is 2.53. The van der Waals surface area contributed by atoms with Crippen molar-refractivity contribution in [1.82, 2.24) is 0 Å². The molecule has 1 unspecified atom stereocenters. The van der Waals surface area contributed by atoms with Gasteiger partial charge in [-0.2, -0.15) is 11.8 Å². The van der Waals surface area contributed by atoms with Gasteiger partial charge >= 0.3 is 0 Å². The van der Waals surface area contributed by atoms with E-state index in [0.29, 0.717) is 12.6 Å². The second kappa shape index (κ2) is 6.87. The largest absolute Gasteiger partial charge is 0.372 e. The Morgan fingerprint density at radius 3 is 2.71 bits per heavy atom. The van der Waals surface area contributed by atoms with Crippen molar-refractivity contribution in [3.05, 3.63) is 29.6 Å². The van der Waals surface area contributed by atoms with Gasteiger partial charge in [0.25, 0.3) is 0 Å². The van der Waals surface area contributed by atoms with Gasteiger partial charge in [-0.1, -0.05) is 0 Å². The Kier molecular flexibility index (Phi) is 5.78. The smallest absolute Gasteiger partial charge is 0.125 e. The minimum Gasteiger partial charge on any atom is -0.372 e. The Morgan fingerprint density at radius 1 is 1.41 bits per heavy atom. The molecule has 0 heterocycles. The number of benzene rings is 1. The molecule has 0 fully saturated rings. The van der Waals surface area contributed by atoms with Crippen LogP contribution in [0.4, 0.5) is 10.1 Å². The van der Waals surface area contributed by atoms with Crippen molar-refractivity contribution >= 4 is 17.4 Å². The normalized spacial score (nSPS) is 12.5.